The van der Waals surface area contributed by atoms with Crippen LogP contribution in [0.15, 0.2) is 39.6 Å². The minimum Gasteiger partial charge on any atom is -0.477 e. The van der Waals surface area contributed by atoms with Crippen molar-refractivity contribution in [3.8, 4) is 0 Å². The third kappa shape index (κ3) is 5.25. The summed E-state index contributed by atoms with van der Waals surface area (Å²) in [6.45, 7) is 4.07. The normalized spacial score (nSPS) is 21.4. The fraction of sp³-hybridized carbons (Fsp3) is 0.400. The van der Waals surface area contributed by atoms with Crippen molar-refractivity contribution in [1.29, 1.82) is 0 Å². The molecule has 0 spiro atoms. The van der Waals surface area contributed by atoms with Crippen LogP contribution >= 0.6 is 46.6 Å². The second-order valence-corrected chi connectivity index (χ2v) is 12.1. The van der Waals surface area contributed by atoms with Crippen LogP contribution in [0.5, 0.6) is 0 Å². The maximum atomic E-state index is 13.2. The quantitative estimate of drug-likeness (QED) is 0.106. The Labute approximate surface area is 232 Å². The van der Waals surface area contributed by atoms with E-state index in [0.29, 0.717) is 23.0 Å². The Hall–Kier alpha value is -3.09. The van der Waals surface area contributed by atoms with Gasteiger partial charge in [-0.3, -0.25) is 14.5 Å². The lowest BCUT2D eigenvalue weighted by atomic mass is 10.0. The third-order valence-corrected chi connectivity index (χ3v) is 9.87. The number of carbonyl (C=O) groups is 3. The van der Waals surface area contributed by atoms with Crippen molar-refractivity contribution in [1.82, 2.24) is 35.4 Å². The number of β-lactam (4-membered cyclic amide) rings is 1. The molecule has 2 atom stereocenters. The number of nitrogens with one attached hydrogen (secondary N) is 1. The van der Waals surface area contributed by atoms with Crippen LogP contribution in [0.25, 0.3) is 0 Å². The van der Waals surface area contributed by atoms with Gasteiger partial charge in [-0.05, 0) is 16.0 Å². The lowest BCUT2D eigenvalue weighted by Crippen LogP contribution is -2.71. The van der Waals surface area contributed by atoms with E-state index in [2.05, 4.69) is 37.6 Å². The van der Waals surface area contributed by atoms with Gasteiger partial charge in [0.25, 0.3) is 11.8 Å². The number of hydrogen-bond acceptors (Lipinski definition) is 14. The molecule has 5 heterocycles. The highest BCUT2D eigenvalue weighted by Gasteiger charge is 2.54. The number of aliphatic carboxylic acids is 1. The van der Waals surface area contributed by atoms with Gasteiger partial charge in [-0.15, -0.1) is 34.8 Å². The molecule has 0 radical (unpaired) electrons. The van der Waals surface area contributed by atoms with Gasteiger partial charge in [0, 0.05) is 28.4 Å². The van der Waals surface area contributed by atoms with E-state index in [1.54, 1.807) is 27.9 Å². The van der Waals surface area contributed by atoms with E-state index >= 15 is 0 Å². The third-order valence-electron chi connectivity index (χ3n) is 5.59. The Bertz CT molecular complexity index is 1340. The Balaban J connectivity index is 1.29. The fourth-order valence-electron chi connectivity index (χ4n) is 3.70. The lowest BCUT2D eigenvalue weighted by Gasteiger charge is -2.49. The average Bonchev–Trinajstić information content (AvgIpc) is 3.50. The molecule has 18 heteroatoms. The zero-order valence-electron chi connectivity index (χ0n) is 19.6. The fourth-order valence-corrected chi connectivity index (χ4v) is 7.16. The highest BCUT2D eigenvalue weighted by atomic mass is 32.2. The van der Waals surface area contributed by atoms with Crippen molar-refractivity contribution in [2.24, 2.45) is 5.16 Å². The number of carboxylic acid groups (broad SMARTS) is 1. The SMILES string of the molecule is C=CCn1nnnc1SCC1=C(C(=O)O)N2C(=O)C(NC(=O)/C(=N/OC3CSC3)c3csc(N)n3)C2SC1. The second-order valence-electron chi connectivity index (χ2n) is 8.11. The molecule has 2 fully saturated rings. The first kappa shape index (κ1) is 26.5. The number of hydrogen-bond donors (Lipinski definition) is 3. The molecule has 3 aliphatic heterocycles. The van der Waals surface area contributed by atoms with Crippen LogP contribution in [0.2, 0.25) is 0 Å². The molecule has 3 aliphatic rings. The van der Waals surface area contributed by atoms with Gasteiger partial charge >= 0.3 is 5.97 Å². The van der Waals surface area contributed by atoms with Gasteiger partial charge in [0.05, 0.1) is 6.54 Å². The molecule has 2 amide bonds. The van der Waals surface area contributed by atoms with Gasteiger partial charge in [-0.1, -0.05) is 23.0 Å². The van der Waals surface area contributed by atoms with E-state index in [9.17, 15) is 19.5 Å². The predicted octanol–water partition coefficient (Wildman–Crippen LogP) is 0.265. The van der Waals surface area contributed by atoms with Crippen molar-refractivity contribution in [3.05, 3.63) is 35.0 Å². The predicted molar refractivity (Wildman–Crippen MR) is 144 cm³/mol. The molecule has 0 aliphatic carbocycles. The minimum atomic E-state index is -1.22. The van der Waals surface area contributed by atoms with Gasteiger partial charge < -0.3 is 21.0 Å². The molecule has 14 nitrogen and oxygen atoms in total. The molecule has 0 aromatic carbocycles. The number of carboxylic acids is 1. The number of rotatable bonds is 11. The van der Waals surface area contributed by atoms with Crippen LogP contribution in [0, 0.1) is 0 Å². The molecule has 5 rings (SSSR count). The minimum absolute atomic E-state index is 0.0912. The number of tetrazole rings is 1. The largest absolute Gasteiger partial charge is 0.477 e. The van der Waals surface area contributed by atoms with Gasteiger partial charge in [0.15, 0.2) is 10.8 Å². The molecule has 2 saturated heterocycles. The number of allylic oxidation sites excluding steroid dienone is 1. The molecule has 2 unspecified atom stereocenters. The average molecular weight is 596 g/mol. The van der Waals surface area contributed by atoms with E-state index < -0.39 is 29.2 Å². The van der Waals surface area contributed by atoms with Crippen LogP contribution < -0.4 is 11.1 Å². The molecule has 200 valence electrons. The van der Waals surface area contributed by atoms with Crippen molar-refractivity contribution in [2.45, 2.75) is 29.2 Å². The van der Waals surface area contributed by atoms with Gasteiger partial charge in [-0.25, -0.2) is 14.5 Å². The molecule has 38 heavy (non-hydrogen) atoms. The summed E-state index contributed by atoms with van der Waals surface area (Å²) in [5.74, 6) is -0.247. The number of carbonyl (C=O) groups excluding carboxylic acids is 2. The highest BCUT2D eigenvalue weighted by molar-refractivity contribution is 8.01. The summed E-state index contributed by atoms with van der Waals surface area (Å²) in [5, 5.41) is 29.8. The Morgan fingerprint density at radius 2 is 2.24 bits per heavy atom. The van der Waals surface area contributed by atoms with Crippen LogP contribution in [0.4, 0.5) is 5.13 Å². The van der Waals surface area contributed by atoms with Crippen molar-refractivity contribution < 1.29 is 24.3 Å². The van der Waals surface area contributed by atoms with E-state index in [1.807, 2.05) is 0 Å². The summed E-state index contributed by atoms with van der Waals surface area (Å²) in [6.07, 6.45) is 1.55. The summed E-state index contributed by atoms with van der Waals surface area (Å²) in [7, 11) is 0. The molecular formula is C20H21N9O5S4. The lowest BCUT2D eigenvalue weighted by molar-refractivity contribution is -0.150. The summed E-state index contributed by atoms with van der Waals surface area (Å²) >= 11 is 5.48. The molecule has 4 N–H and O–H groups in total. The van der Waals surface area contributed by atoms with Crippen molar-refractivity contribution >= 4 is 75.2 Å². The van der Waals surface area contributed by atoms with E-state index in [-0.39, 0.29) is 34.1 Å². The Morgan fingerprint density at radius 1 is 1.42 bits per heavy atom. The number of thiazole rings is 1. The zero-order chi connectivity index (χ0) is 26.8. The van der Waals surface area contributed by atoms with E-state index in [4.69, 9.17) is 10.6 Å². The number of nitrogen functional groups attached to an aromatic ring is 1. The number of thioether (sulfide) groups is 3. The number of nitrogens with two attached hydrogens (primary N) is 1. The number of oxime groups is 1. The molecular weight excluding hydrogens is 575 g/mol. The van der Waals surface area contributed by atoms with Gasteiger partial charge in [0.2, 0.25) is 5.16 Å². The topological polar surface area (TPSA) is 191 Å². The number of aromatic nitrogens is 5. The first-order valence-corrected chi connectivity index (χ1v) is 15.2. The Kier molecular flexibility index (Phi) is 7.91. The van der Waals surface area contributed by atoms with Crippen molar-refractivity contribution in [2.75, 3.05) is 28.7 Å². The van der Waals surface area contributed by atoms with Crippen LogP contribution in [0.3, 0.4) is 0 Å². The van der Waals surface area contributed by atoms with Crippen LogP contribution in [-0.2, 0) is 25.8 Å². The first-order valence-electron chi connectivity index (χ1n) is 11.1. The summed E-state index contributed by atoms with van der Waals surface area (Å²) in [6, 6.07) is -0.934. The van der Waals surface area contributed by atoms with Gasteiger partial charge in [-0.2, -0.15) is 11.8 Å². The van der Waals surface area contributed by atoms with E-state index in [0.717, 1.165) is 22.8 Å². The zero-order valence-corrected chi connectivity index (χ0v) is 22.8. The summed E-state index contributed by atoms with van der Waals surface area (Å²) in [4.78, 5) is 49.2. The van der Waals surface area contributed by atoms with E-state index in [1.165, 1.54) is 28.4 Å². The molecule has 2 aromatic rings. The number of anilines is 1. The first-order chi connectivity index (χ1) is 18.4. The summed E-state index contributed by atoms with van der Waals surface area (Å²) < 4.78 is 1.54. The maximum Gasteiger partial charge on any atom is 0.352 e. The standard InChI is InChI=1S/C20H21N9O5S4/c1-2-3-28-20(24-26-27-28)38-5-9-4-36-17-13(16(31)29(17)14(9)18(32)33)23-15(30)12(11-8-37-19(21)22-11)25-34-10-6-35-7-10/h2,8,10,13,17H,1,3-7H2,(H2,21,22)(H,23,30)(H,32,33)/b25-12+. The molecule has 2 aromatic heterocycles. The molecule has 0 bridgehead atoms. The molecule has 0 saturated carbocycles. The van der Waals surface area contributed by atoms with Crippen LogP contribution in [-0.4, -0.2) is 99.2 Å². The van der Waals surface area contributed by atoms with Crippen molar-refractivity contribution in [3.63, 3.8) is 0 Å². The Morgan fingerprint density at radius 3 is 2.89 bits per heavy atom. The summed E-state index contributed by atoms with van der Waals surface area (Å²) in [5.41, 5.74) is 6.34. The van der Waals surface area contributed by atoms with Crippen LogP contribution in [0.1, 0.15) is 5.69 Å². The number of amides is 2. The van der Waals surface area contributed by atoms with Gasteiger partial charge in [0.1, 0.15) is 28.9 Å². The monoisotopic (exact) mass is 595 g/mol. The maximum absolute atomic E-state index is 13.2. The number of fused-ring (bicyclic) bond motifs is 1. The smallest absolute Gasteiger partial charge is 0.352 e. The highest BCUT2D eigenvalue weighted by Crippen LogP contribution is 2.41. The number of nitrogens with zero attached hydrogens (tertiary/aromatic N) is 7. The second kappa shape index (κ2) is 11.3.